The number of hydrogen-bond acceptors (Lipinski definition) is 5. The number of nitrogens with one attached hydrogen (secondary N) is 1. The van der Waals surface area contributed by atoms with E-state index in [4.69, 9.17) is 17.0 Å². The van der Waals surface area contributed by atoms with Crippen LogP contribution in [0.5, 0.6) is 0 Å². The molecule has 0 radical (unpaired) electrons. The molecule has 2 amide bonds. The monoisotopic (exact) mass is 428 g/mol. The summed E-state index contributed by atoms with van der Waals surface area (Å²) in [4.78, 5) is 27.1. The van der Waals surface area contributed by atoms with Gasteiger partial charge in [-0.15, -0.1) is 0 Å². The molecule has 1 fully saturated rings. The summed E-state index contributed by atoms with van der Waals surface area (Å²) in [6.45, 7) is 4.43. The number of alkyl carbamates (subject to hydrolysis) is 1. The molecule has 29 heavy (non-hydrogen) atoms. The van der Waals surface area contributed by atoms with Gasteiger partial charge in [0.05, 0.1) is 0 Å². The summed E-state index contributed by atoms with van der Waals surface area (Å²) in [6.07, 6.45) is 0.0792. The highest BCUT2D eigenvalue weighted by atomic mass is 32.2. The van der Waals surface area contributed by atoms with E-state index in [1.165, 1.54) is 11.8 Å². The van der Waals surface area contributed by atoms with E-state index in [1.54, 1.807) is 4.90 Å². The van der Waals surface area contributed by atoms with E-state index < -0.39 is 16.9 Å². The van der Waals surface area contributed by atoms with Crippen molar-refractivity contribution in [2.75, 3.05) is 6.54 Å². The van der Waals surface area contributed by atoms with Gasteiger partial charge in [0, 0.05) is 11.3 Å². The molecule has 1 aliphatic heterocycles. The van der Waals surface area contributed by atoms with Gasteiger partial charge in [0.1, 0.15) is 17.0 Å². The lowest BCUT2D eigenvalue weighted by molar-refractivity contribution is -0.130. The molecular weight excluding hydrogens is 404 g/mol. The lowest BCUT2D eigenvalue weighted by Gasteiger charge is -2.42. The topological polar surface area (TPSA) is 58.6 Å². The number of ether oxygens (including phenoxy) is 1. The Labute approximate surface area is 180 Å². The number of rotatable bonds is 6. The lowest BCUT2D eigenvalue weighted by atomic mass is 10.0. The minimum absolute atomic E-state index is 0.150. The van der Waals surface area contributed by atoms with Gasteiger partial charge in [0.15, 0.2) is 0 Å². The number of thiocarbonyl (C=S) groups is 1. The molecule has 1 N–H and O–H groups in total. The zero-order chi connectivity index (χ0) is 20.9. The molecule has 1 aliphatic rings. The minimum Gasteiger partial charge on any atom is -0.445 e. The van der Waals surface area contributed by atoms with E-state index >= 15 is 0 Å². The predicted octanol–water partition coefficient (Wildman–Crippen LogP) is 4.16. The summed E-state index contributed by atoms with van der Waals surface area (Å²) in [5, 5.41) is 2.75. The Bertz CT molecular complexity index is 872. The molecule has 2 aromatic carbocycles. The van der Waals surface area contributed by atoms with Crippen LogP contribution < -0.4 is 5.32 Å². The number of carbonyl (C=O) groups excluding carboxylic acids is 2. The highest BCUT2D eigenvalue weighted by molar-refractivity contribution is 8.24. The third-order valence-electron chi connectivity index (χ3n) is 4.72. The van der Waals surface area contributed by atoms with E-state index in [-0.39, 0.29) is 12.5 Å². The smallest absolute Gasteiger partial charge is 0.408 e. The van der Waals surface area contributed by atoms with Crippen LogP contribution in [-0.4, -0.2) is 38.6 Å². The second kappa shape index (κ2) is 9.41. The summed E-state index contributed by atoms with van der Waals surface area (Å²) in [5.74, 6) is -0.202. The molecule has 3 rings (SSSR count). The van der Waals surface area contributed by atoms with E-state index in [2.05, 4.69) is 5.32 Å². The Morgan fingerprint density at radius 3 is 2.31 bits per heavy atom. The molecule has 1 atom stereocenters. The third-order valence-corrected chi connectivity index (χ3v) is 6.35. The van der Waals surface area contributed by atoms with Crippen LogP contribution >= 0.6 is 24.0 Å². The van der Waals surface area contributed by atoms with Crippen molar-refractivity contribution in [1.82, 2.24) is 10.2 Å². The quantitative estimate of drug-likeness (QED) is 0.700. The molecular formula is C22H24N2O3S2. The zero-order valence-electron chi connectivity index (χ0n) is 16.5. The average molecular weight is 429 g/mol. The van der Waals surface area contributed by atoms with Gasteiger partial charge in [-0.2, -0.15) is 0 Å². The van der Waals surface area contributed by atoms with Crippen LogP contribution in [0.2, 0.25) is 0 Å². The highest BCUT2D eigenvalue weighted by Crippen LogP contribution is 2.36. The van der Waals surface area contributed by atoms with Gasteiger partial charge in [-0.05, 0) is 31.4 Å². The van der Waals surface area contributed by atoms with Crippen molar-refractivity contribution in [3.05, 3.63) is 71.8 Å². The molecule has 0 aromatic heterocycles. The fourth-order valence-electron chi connectivity index (χ4n) is 3.09. The summed E-state index contributed by atoms with van der Waals surface area (Å²) in [5.41, 5.74) is 2.02. The Balaban J connectivity index is 1.63. The molecule has 1 saturated heterocycles. The second-order valence-electron chi connectivity index (χ2n) is 7.34. The van der Waals surface area contributed by atoms with Crippen molar-refractivity contribution in [1.29, 1.82) is 0 Å². The van der Waals surface area contributed by atoms with E-state index in [1.807, 2.05) is 74.5 Å². The first-order valence-electron chi connectivity index (χ1n) is 9.42. The van der Waals surface area contributed by atoms with Crippen LogP contribution in [0.3, 0.4) is 0 Å². The van der Waals surface area contributed by atoms with E-state index in [9.17, 15) is 9.59 Å². The summed E-state index contributed by atoms with van der Waals surface area (Å²) in [7, 11) is 0. The third kappa shape index (κ3) is 5.58. The molecule has 0 saturated carbocycles. The number of benzene rings is 2. The average Bonchev–Trinajstić information content (AvgIpc) is 2.70. The maximum absolute atomic E-state index is 13.1. The SMILES string of the molecule is CC1(C)SC(=S)N(CCc2ccccc2)C(=O)C1NC(=O)OCc1ccccc1. The first-order valence-corrected chi connectivity index (χ1v) is 10.6. The van der Waals surface area contributed by atoms with Crippen molar-refractivity contribution >= 4 is 40.3 Å². The van der Waals surface area contributed by atoms with Gasteiger partial charge in [0.25, 0.3) is 5.91 Å². The largest absolute Gasteiger partial charge is 0.445 e. The molecule has 0 spiro atoms. The Kier molecular flexibility index (Phi) is 6.92. The lowest BCUT2D eigenvalue weighted by Crippen LogP contribution is -2.62. The fourth-order valence-corrected chi connectivity index (χ4v) is 4.93. The van der Waals surface area contributed by atoms with Crippen molar-refractivity contribution in [3.63, 3.8) is 0 Å². The summed E-state index contributed by atoms with van der Waals surface area (Å²) >= 11 is 6.90. The molecule has 1 heterocycles. The number of amides is 2. The van der Waals surface area contributed by atoms with Crippen molar-refractivity contribution in [2.24, 2.45) is 0 Å². The number of hydrogen-bond donors (Lipinski definition) is 1. The summed E-state index contributed by atoms with van der Waals surface area (Å²) < 4.78 is 5.27. The van der Waals surface area contributed by atoms with Crippen molar-refractivity contribution in [3.8, 4) is 0 Å². The normalized spacial score (nSPS) is 18.4. The zero-order valence-corrected chi connectivity index (χ0v) is 18.1. The minimum atomic E-state index is -0.724. The Morgan fingerprint density at radius 1 is 1.10 bits per heavy atom. The summed E-state index contributed by atoms with van der Waals surface area (Å²) in [6, 6.07) is 18.6. The van der Waals surface area contributed by atoms with E-state index in [0.29, 0.717) is 17.3 Å². The fraction of sp³-hybridized carbons (Fsp3) is 0.318. The Hall–Kier alpha value is -2.38. The van der Waals surface area contributed by atoms with Gasteiger partial charge < -0.3 is 10.1 Å². The molecule has 7 heteroatoms. The van der Waals surface area contributed by atoms with Crippen LogP contribution in [-0.2, 0) is 22.6 Å². The molecule has 152 valence electrons. The van der Waals surface area contributed by atoms with Gasteiger partial charge in [-0.25, -0.2) is 4.79 Å². The van der Waals surface area contributed by atoms with E-state index in [0.717, 1.165) is 11.1 Å². The van der Waals surface area contributed by atoms with Gasteiger partial charge in [0.2, 0.25) is 0 Å². The molecule has 0 bridgehead atoms. The Morgan fingerprint density at radius 2 is 1.69 bits per heavy atom. The number of nitrogens with zero attached hydrogens (tertiary/aromatic N) is 1. The first kappa shape index (κ1) is 21.3. The van der Waals surface area contributed by atoms with Gasteiger partial charge >= 0.3 is 6.09 Å². The first-order chi connectivity index (χ1) is 13.9. The maximum Gasteiger partial charge on any atom is 0.408 e. The van der Waals surface area contributed by atoms with Crippen LogP contribution in [0, 0.1) is 0 Å². The second-order valence-corrected chi connectivity index (χ2v) is 9.62. The number of thioether (sulfide) groups is 1. The number of carbonyl (C=O) groups is 2. The van der Waals surface area contributed by atoms with Gasteiger partial charge in [-0.1, -0.05) is 84.6 Å². The van der Waals surface area contributed by atoms with Crippen molar-refractivity contribution in [2.45, 2.75) is 37.7 Å². The van der Waals surface area contributed by atoms with Crippen LogP contribution in [0.1, 0.15) is 25.0 Å². The molecule has 1 unspecified atom stereocenters. The van der Waals surface area contributed by atoms with Crippen LogP contribution in [0.15, 0.2) is 60.7 Å². The highest BCUT2D eigenvalue weighted by Gasteiger charge is 2.46. The van der Waals surface area contributed by atoms with Crippen LogP contribution in [0.25, 0.3) is 0 Å². The molecule has 2 aromatic rings. The standard InChI is InChI=1S/C22H24N2O3S2/c1-22(2)18(23-20(26)27-15-17-11-7-4-8-12-17)19(25)24(21(28)29-22)14-13-16-9-5-3-6-10-16/h3-12,18H,13-15H2,1-2H3,(H,23,26). The van der Waals surface area contributed by atoms with Crippen molar-refractivity contribution < 1.29 is 14.3 Å². The maximum atomic E-state index is 13.1. The molecule has 5 nitrogen and oxygen atoms in total. The van der Waals surface area contributed by atoms with Crippen LogP contribution in [0.4, 0.5) is 4.79 Å². The van der Waals surface area contributed by atoms with Gasteiger partial charge in [-0.3, -0.25) is 9.69 Å². The predicted molar refractivity (Wildman–Crippen MR) is 120 cm³/mol. The molecule has 0 aliphatic carbocycles.